The number of piperidine rings is 1. The highest BCUT2D eigenvalue weighted by molar-refractivity contribution is 7.89. The van der Waals surface area contributed by atoms with Gasteiger partial charge in [0.05, 0.1) is 30.1 Å². The van der Waals surface area contributed by atoms with Gasteiger partial charge in [-0.05, 0) is 60.0 Å². The van der Waals surface area contributed by atoms with Gasteiger partial charge >= 0.3 is 5.97 Å². The van der Waals surface area contributed by atoms with E-state index < -0.39 is 46.3 Å². The smallest absolute Gasteiger partial charge is 0.359 e. The van der Waals surface area contributed by atoms with Crippen molar-refractivity contribution in [3.8, 4) is 0 Å². The number of ether oxygens (including phenoxy) is 1. The summed E-state index contributed by atoms with van der Waals surface area (Å²) in [7, 11) is -4.20. The van der Waals surface area contributed by atoms with E-state index in [1.165, 1.54) is 17.0 Å². The molecule has 3 aliphatic heterocycles. The van der Waals surface area contributed by atoms with Crippen molar-refractivity contribution in [2.75, 3.05) is 37.6 Å². The molecule has 1 atom stereocenters. The average Bonchev–Trinajstić information content (AvgIpc) is 3.25. The molecule has 0 aliphatic carbocycles. The Bertz CT molecular complexity index is 1540. The van der Waals surface area contributed by atoms with Crippen molar-refractivity contribution in [2.24, 2.45) is 0 Å². The Labute approximate surface area is 224 Å². The van der Waals surface area contributed by atoms with Crippen LogP contribution >= 0.6 is 11.6 Å². The third-order valence-electron chi connectivity index (χ3n) is 7.72. The second-order valence-electron chi connectivity index (χ2n) is 9.97. The molecular formula is C26H25ClN4O6S. The fourth-order valence-electron chi connectivity index (χ4n) is 5.69. The van der Waals surface area contributed by atoms with Gasteiger partial charge in [0.1, 0.15) is 0 Å². The van der Waals surface area contributed by atoms with Crippen molar-refractivity contribution in [1.82, 2.24) is 14.2 Å². The molecule has 1 N–H and O–H groups in total. The van der Waals surface area contributed by atoms with Crippen molar-refractivity contribution >= 4 is 50.0 Å². The molecular weight excluding hydrogens is 532 g/mol. The number of amides is 1. The molecule has 3 aromatic rings. The monoisotopic (exact) mass is 556 g/mol. The fourth-order valence-corrected chi connectivity index (χ4v) is 7.31. The summed E-state index contributed by atoms with van der Waals surface area (Å²) < 4.78 is 34.5. The molecule has 12 heteroatoms. The van der Waals surface area contributed by atoms with Crippen LogP contribution in [-0.2, 0) is 24.3 Å². The molecule has 0 radical (unpaired) electrons. The van der Waals surface area contributed by atoms with Crippen molar-refractivity contribution in [3.05, 3.63) is 65.9 Å². The number of anilines is 1. The first-order chi connectivity index (χ1) is 18.1. The van der Waals surface area contributed by atoms with Gasteiger partial charge in [-0.3, -0.25) is 14.7 Å². The molecule has 1 amide bonds. The summed E-state index contributed by atoms with van der Waals surface area (Å²) in [6.45, 7) is 0.353. The molecule has 3 aliphatic rings. The van der Waals surface area contributed by atoms with Gasteiger partial charge in [0.2, 0.25) is 15.9 Å². The minimum Gasteiger partial charge on any atom is -0.478 e. The van der Waals surface area contributed by atoms with Gasteiger partial charge in [-0.15, -0.1) is 0 Å². The number of aromatic nitrogens is 1. The number of piperazine rings is 1. The van der Waals surface area contributed by atoms with Gasteiger partial charge in [0, 0.05) is 36.2 Å². The van der Waals surface area contributed by atoms with Crippen molar-refractivity contribution in [3.63, 3.8) is 0 Å². The lowest BCUT2D eigenvalue weighted by Gasteiger charge is -2.42. The van der Waals surface area contributed by atoms with E-state index >= 15 is 0 Å². The highest BCUT2D eigenvalue weighted by Crippen LogP contribution is 2.44. The van der Waals surface area contributed by atoms with Crippen molar-refractivity contribution in [2.45, 2.75) is 29.1 Å². The number of hydrogen-bond donors (Lipinski definition) is 1. The molecule has 0 saturated carbocycles. The molecule has 1 spiro atoms. The van der Waals surface area contributed by atoms with Crippen LogP contribution in [0.15, 0.2) is 65.8 Å². The predicted molar refractivity (Wildman–Crippen MR) is 139 cm³/mol. The van der Waals surface area contributed by atoms with Crippen molar-refractivity contribution < 1.29 is 27.9 Å². The number of carbonyl (C=O) groups is 2. The van der Waals surface area contributed by atoms with E-state index in [4.69, 9.17) is 16.3 Å². The van der Waals surface area contributed by atoms with Crippen LogP contribution in [-0.4, -0.2) is 83.6 Å². The maximum absolute atomic E-state index is 13.6. The summed E-state index contributed by atoms with van der Waals surface area (Å²) in [6, 6.07) is 13.5. The number of rotatable bonds is 4. The Balaban J connectivity index is 1.28. The number of nitrogens with zero attached hydrogens (tertiary/aromatic N) is 4. The lowest BCUT2D eigenvalue weighted by molar-refractivity contribution is -0.202. The number of carboxylic acids is 1. The highest BCUT2D eigenvalue weighted by atomic mass is 35.5. The minimum atomic E-state index is -4.20. The second kappa shape index (κ2) is 8.91. The number of halogens is 1. The van der Waals surface area contributed by atoms with E-state index in [1.807, 2.05) is 12.1 Å². The SMILES string of the molecule is O=C1CN(S(=O)(=O)c2ccc3cc(Cl)ccc3c2)CC2(C(=O)O)OC3(CCN(c4ccncc4)CC3)CN12. The van der Waals surface area contributed by atoms with Crippen LogP contribution in [0.5, 0.6) is 0 Å². The molecule has 2 aromatic carbocycles. The molecule has 1 aromatic heterocycles. The number of fused-ring (bicyclic) bond motifs is 2. The number of pyridine rings is 1. The molecule has 1 unspecified atom stereocenters. The average molecular weight is 557 g/mol. The largest absolute Gasteiger partial charge is 0.478 e. The number of hydrogen-bond acceptors (Lipinski definition) is 7. The van der Waals surface area contributed by atoms with Crippen LogP contribution < -0.4 is 4.90 Å². The normalized spacial score (nSPS) is 23.7. The molecule has 198 valence electrons. The van der Waals surface area contributed by atoms with E-state index in [0.717, 1.165) is 15.4 Å². The minimum absolute atomic E-state index is 0.0347. The van der Waals surface area contributed by atoms with Crippen molar-refractivity contribution in [1.29, 1.82) is 0 Å². The van der Waals surface area contributed by atoms with Gasteiger partial charge < -0.3 is 14.7 Å². The van der Waals surface area contributed by atoms with Crippen LogP contribution in [0.3, 0.4) is 0 Å². The van der Waals surface area contributed by atoms with Crippen LogP contribution in [0.2, 0.25) is 5.02 Å². The third-order valence-corrected chi connectivity index (χ3v) is 9.74. The zero-order valence-corrected chi connectivity index (χ0v) is 21.9. The van der Waals surface area contributed by atoms with Crippen LogP contribution in [0.1, 0.15) is 12.8 Å². The van der Waals surface area contributed by atoms with Crippen LogP contribution in [0.4, 0.5) is 5.69 Å². The number of benzene rings is 2. The van der Waals surface area contributed by atoms with Gasteiger partial charge in [0.15, 0.2) is 0 Å². The number of aliphatic carboxylic acids is 1. The quantitative estimate of drug-likeness (QED) is 0.520. The zero-order chi connectivity index (χ0) is 26.7. The summed E-state index contributed by atoms with van der Waals surface area (Å²) in [6.07, 6.45) is 4.41. The Morgan fingerprint density at radius 2 is 1.68 bits per heavy atom. The number of sulfonamides is 1. The Morgan fingerprint density at radius 1 is 1.00 bits per heavy atom. The lowest BCUT2D eigenvalue weighted by atomic mass is 9.91. The standard InChI is InChI=1S/C26H25ClN4O6S/c27-20-3-1-19-14-22(4-2-18(19)13-20)38(35,36)30-15-23(32)31-16-25(37-26(31,17-30)24(33)34)7-11-29(12-8-25)21-5-9-28-10-6-21/h1-6,9-10,13-14H,7-8,11-12,15-17H2,(H,33,34). The summed E-state index contributed by atoms with van der Waals surface area (Å²) in [4.78, 5) is 33.3. The molecule has 3 fully saturated rings. The highest BCUT2D eigenvalue weighted by Gasteiger charge is 2.64. The molecule has 3 saturated heterocycles. The summed E-state index contributed by atoms with van der Waals surface area (Å²) in [5.41, 5.74) is -1.96. The van der Waals surface area contributed by atoms with Crippen LogP contribution in [0.25, 0.3) is 10.8 Å². The maximum Gasteiger partial charge on any atom is 0.359 e. The van der Waals surface area contributed by atoms with Crippen LogP contribution in [0, 0.1) is 0 Å². The molecule has 10 nitrogen and oxygen atoms in total. The maximum atomic E-state index is 13.6. The summed E-state index contributed by atoms with van der Waals surface area (Å²) in [5.74, 6) is -1.98. The molecule has 4 heterocycles. The molecule has 0 bridgehead atoms. The topological polar surface area (TPSA) is 120 Å². The Morgan fingerprint density at radius 3 is 2.39 bits per heavy atom. The fraction of sp³-hybridized carbons (Fsp3) is 0.346. The van der Waals surface area contributed by atoms with E-state index in [1.54, 1.807) is 36.7 Å². The van der Waals surface area contributed by atoms with E-state index in [2.05, 4.69) is 9.88 Å². The predicted octanol–water partition coefficient (Wildman–Crippen LogP) is 2.57. The number of carbonyl (C=O) groups excluding carboxylic acids is 1. The summed E-state index contributed by atoms with van der Waals surface area (Å²) in [5, 5.41) is 12.3. The van der Waals surface area contributed by atoms with Gasteiger partial charge in [-0.2, -0.15) is 4.31 Å². The van der Waals surface area contributed by atoms with E-state index in [-0.39, 0.29) is 11.4 Å². The number of carboxylic acid groups (broad SMARTS) is 1. The second-order valence-corrected chi connectivity index (χ2v) is 12.3. The lowest BCUT2D eigenvalue weighted by Crippen LogP contribution is -2.67. The molecule has 38 heavy (non-hydrogen) atoms. The first-order valence-corrected chi connectivity index (χ1v) is 14.0. The third kappa shape index (κ3) is 4.01. The first kappa shape index (κ1) is 25.1. The van der Waals surface area contributed by atoms with Gasteiger partial charge in [-0.25, -0.2) is 13.2 Å². The molecule has 6 rings (SSSR count). The Hall–Kier alpha value is -3.25. The van der Waals surface area contributed by atoms with Gasteiger partial charge in [0.25, 0.3) is 5.72 Å². The zero-order valence-electron chi connectivity index (χ0n) is 20.3. The summed E-state index contributed by atoms with van der Waals surface area (Å²) >= 11 is 6.04. The Kier molecular flexibility index (Phi) is 5.87. The van der Waals surface area contributed by atoms with Gasteiger partial charge in [-0.1, -0.05) is 23.7 Å². The van der Waals surface area contributed by atoms with E-state index in [0.29, 0.717) is 36.3 Å². The first-order valence-electron chi connectivity index (χ1n) is 12.2. The van der Waals surface area contributed by atoms with E-state index in [9.17, 15) is 23.1 Å².